The summed E-state index contributed by atoms with van der Waals surface area (Å²) in [5.74, 6) is 0.658. The molecule has 5 nitrogen and oxygen atoms in total. The summed E-state index contributed by atoms with van der Waals surface area (Å²) < 4.78 is 1.52. The molecule has 2 rings (SSSR count). The third-order valence-electron chi connectivity index (χ3n) is 1.99. The summed E-state index contributed by atoms with van der Waals surface area (Å²) in [7, 11) is 0. The van der Waals surface area contributed by atoms with E-state index in [2.05, 4.69) is 15.1 Å². The van der Waals surface area contributed by atoms with Crippen molar-refractivity contribution in [2.45, 2.75) is 13.8 Å². The Kier molecular flexibility index (Phi) is 1.92. The highest BCUT2D eigenvalue weighted by atomic mass is 16.3. The van der Waals surface area contributed by atoms with Crippen LogP contribution in [0.25, 0.3) is 5.95 Å². The summed E-state index contributed by atoms with van der Waals surface area (Å²) >= 11 is 0. The van der Waals surface area contributed by atoms with Crippen LogP contribution in [0.2, 0.25) is 0 Å². The number of hydrogen-bond acceptors (Lipinski definition) is 4. The summed E-state index contributed by atoms with van der Waals surface area (Å²) in [6.45, 7) is 3.51. The molecule has 0 saturated carbocycles. The predicted molar refractivity (Wildman–Crippen MR) is 50.3 cm³/mol. The molecule has 0 aromatic carbocycles. The lowest BCUT2D eigenvalue weighted by Crippen LogP contribution is -2.03. The van der Waals surface area contributed by atoms with E-state index in [-0.39, 0.29) is 5.75 Å². The van der Waals surface area contributed by atoms with Crippen LogP contribution in [0.4, 0.5) is 0 Å². The van der Waals surface area contributed by atoms with Gasteiger partial charge in [-0.2, -0.15) is 9.78 Å². The SMILES string of the molecule is Cc1nn(-c2ncccn2)c(C)c1O. The molecule has 0 saturated heterocycles. The minimum absolute atomic E-state index is 0.192. The van der Waals surface area contributed by atoms with E-state index in [9.17, 15) is 5.11 Å². The maximum Gasteiger partial charge on any atom is 0.250 e. The van der Waals surface area contributed by atoms with Gasteiger partial charge >= 0.3 is 0 Å². The van der Waals surface area contributed by atoms with Crippen molar-refractivity contribution in [3.8, 4) is 11.7 Å². The van der Waals surface area contributed by atoms with Gasteiger partial charge in [0.2, 0.25) is 0 Å². The Hall–Kier alpha value is -1.91. The Morgan fingerprint density at radius 1 is 1.21 bits per heavy atom. The Balaban J connectivity index is 2.58. The molecule has 0 radical (unpaired) electrons. The van der Waals surface area contributed by atoms with Crippen LogP contribution in [0, 0.1) is 13.8 Å². The highest BCUT2D eigenvalue weighted by Crippen LogP contribution is 2.21. The minimum Gasteiger partial charge on any atom is -0.504 e. The number of aromatic hydroxyl groups is 1. The lowest BCUT2D eigenvalue weighted by atomic mass is 10.3. The van der Waals surface area contributed by atoms with Gasteiger partial charge in [-0.05, 0) is 19.9 Å². The zero-order valence-electron chi connectivity index (χ0n) is 7.97. The van der Waals surface area contributed by atoms with E-state index in [1.54, 1.807) is 32.3 Å². The maximum absolute atomic E-state index is 9.55. The molecule has 0 bridgehead atoms. The zero-order valence-corrected chi connectivity index (χ0v) is 7.97. The largest absolute Gasteiger partial charge is 0.504 e. The maximum atomic E-state index is 9.55. The number of nitrogens with zero attached hydrogens (tertiary/aromatic N) is 4. The Morgan fingerprint density at radius 2 is 1.86 bits per heavy atom. The fourth-order valence-electron chi connectivity index (χ4n) is 1.23. The number of aryl methyl sites for hydroxylation is 1. The van der Waals surface area contributed by atoms with Gasteiger partial charge in [0, 0.05) is 12.4 Å². The summed E-state index contributed by atoms with van der Waals surface area (Å²) in [4.78, 5) is 8.09. The standard InChI is InChI=1S/C9H10N4O/c1-6-8(14)7(2)13(12-6)9-10-4-3-5-11-9/h3-5,14H,1-2H3. The van der Waals surface area contributed by atoms with Crippen molar-refractivity contribution in [3.63, 3.8) is 0 Å². The Morgan fingerprint density at radius 3 is 2.36 bits per heavy atom. The molecule has 5 heteroatoms. The number of aromatic nitrogens is 4. The molecule has 0 aliphatic carbocycles. The molecule has 72 valence electrons. The molecule has 1 N–H and O–H groups in total. The fourth-order valence-corrected chi connectivity index (χ4v) is 1.23. The first-order valence-electron chi connectivity index (χ1n) is 4.22. The lowest BCUT2D eigenvalue weighted by molar-refractivity contribution is 0.466. The molecule has 0 aliphatic rings. The second kappa shape index (κ2) is 3.10. The van der Waals surface area contributed by atoms with E-state index in [0.717, 1.165) is 0 Å². The molecular formula is C9H10N4O. The third kappa shape index (κ3) is 1.22. The van der Waals surface area contributed by atoms with Gasteiger partial charge < -0.3 is 5.11 Å². The quantitative estimate of drug-likeness (QED) is 0.728. The second-order valence-corrected chi connectivity index (χ2v) is 2.98. The van der Waals surface area contributed by atoms with Gasteiger partial charge in [0.15, 0.2) is 5.75 Å². The van der Waals surface area contributed by atoms with Gasteiger partial charge in [0.05, 0.1) is 5.69 Å². The van der Waals surface area contributed by atoms with Gasteiger partial charge in [-0.3, -0.25) is 0 Å². The molecule has 0 amide bonds. The van der Waals surface area contributed by atoms with Crippen LogP contribution >= 0.6 is 0 Å². The van der Waals surface area contributed by atoms with Crippen LogP contribution in [0.1, 0.15) is 11.4 Å². The zero-order chi connectivity index (χ0) is 10.1. The van der Waals surface area contributed by atoms with Crippen molar-refractivity contribution >= 4 is 0 Å². The van der Waals surface area contributed by atoms with Crippen molar-refractivity contribution in [3.05, 3.63) is 29.8 Å². The first-order valence-corrected chi connectivity index (χ1v) is 4.22. The van der Waals surface area contributed by atoms with Crippen LogP contribution < -0.4 is 0 Å². The third-order valence-corrected chi connectivity index (χ3v) is 1.99. The smallest absolute Gasteiger partial charge is 0.250 e. The molecule has 0 fully saturated rings. The van der Waals surface area contributed by atoms with Crippen LogP contribution in [0.15, 0.2) is 18.5 Å². The topological polar surface area (TPSA) is 63.8 Å². The predicted octanol–water partition coefficient (Wildman–Crippen LogP) is 0.985. The molecule has 2 aromatic heterocycles. The summed E-state index contributed by atoms with van der Waals surface area (Å²) in [6.07, 6.45) is 3.27. The van der Waals surface area contributed by atoms with Crippen LogP contribution in [0.5, 0.6) is 5.75 Å². The molecule has 0 aliphatic heterocycles. The molecular weight excluding hydrogens is 180 g/mol. The van der Waals surface area contributed by atoms with E-state index in [0.29, 0.717) is 17.3 Å². The second-order valence-electron chi connectivity index (χ2n) is 2.98. The Labute approximate surface area is 81.1 Å². The van der Waals surface area contributed by atoms with Crippen molar-refractivity contribution in [2.24, 2.45) is 0 Å². The summed E-state index contributed by atoms with van der Waals surface area (Å²) in [5, 5.41) is 13.7. The van der Waals surface area contributed by atoms with E-state index >= 15 is 0 Å². The average Bonchev–Trinajstić information content (AvgIpc) is 2.47. The monoisotopic (exact) mass is 190 g/mol. The lowest BCUT2D eigenvalue weighted by Gasteiger charge is -1.99. The molecule has 0 atom stereocenters. The van der Waals surface area contributed by atoms with E-state index in [1.165, 1.54) is 4.68 Å². The van der Waals surface area contributed by atoms with Crippen LogP contribution in [-0.2, 0) is 0 Å². The molecule has 2 aromatic rings. The van der Waals surface area contributed by atoms with Crippen LogP contribution in [-0.4, -0.2) is 24.9 Å². The highest BCUT2D eigenvalue weighted by molar-refractivity contribution is 5.33. The summed E-state index contributed by atoms with van der Waals surface area (Å²) in [5.41, 5.74) is 1.23. The highest BCUT2D eigenvalue weighted by Gasteiger charge is 2.12. The molecule has 14 heavy (non-hydrogen) atoms. The minimum atomic E-state index is 0.192. The van der Waals surface area contributed by atoms with Crippen molar-refractivity contribution in [1.82, 2.24) is 19.7 Å². The fraction of sp³-hybridized carbons (Fsp3) is 0.222. The van der Waals surface area contributed by atoms with Crippen molar-refractivity contribution in [2.75, 3.05) is 0 Å². The molecule has 0 unspecified atom stereocenters. The van der Waals surface area contributed by atoms with Crippen molar-refractivity contribution in [1.29, 1.82) is 0 Å². The first kappa shape index (κ1) is 8.68. The van der Waals surface area contributed by atoms with Gasteiger partial charge in [-0.1, -0.05) is 0 Å². The normalized spacial score (nSPS) is 10.4. The average molecular weight is 190 g/mol. The van der Waals surface area contributed by atoms with E-state index < -0.39 is 0 Å². The number of rotatable bonds is 1. The van der Waals surface area contributed by atoms with Gasteiger partial charge in [0.25, 0.3) is 5.95 Å². The van der Waals surface area contributed by atoms with E-state index in [4.69, 9.17) is 0 Å². The van der Waals surface area contributed by atoms with Crippen molar-refractivity contribution < 1.29 is 5.11 Å². The van der Waals surface area contributed by atoms with Gasteiger partial charge in [-0.25, -0.2) is 9.97 Å². The molecule has 0 spiro atoms. The first-order chi connectivity index (χ1) is 6.70. The van der Waals surface area contributed by atoms with Crippen LogP contribution in [0.3, 0.4) is 0 Å². The Bertz CT molecular complexity index is 449. The van der Waals surface area contributed by atoms with Gasteiger partial charge in [0.1, 0.15) is 5.69 Å². The summed E-state index contributed by atoms with van der Waals surface area (Å²) in [6, 6.07) is 1.73. The van der Waals surface area contributed by atoms with Gasteiger partial charge in [-0.15, -0.1) is 0 Å². The number of hydrogen-bond donors (Lipinski definition) is 1. The molecule has 2 heterocycles. The van der Waals surface area contributed by atoms with E-state index in [1.807, 2.05) is 0 Å².